The fraction of sp³-hybridized carbons (Fsp3) is 0.308. The molecule has 0 spiro atoms. The van der Waals surface area contributed by atoms with E-state index in [0.717, 1.165) is 5.56 Å². The van der Waals surface area contributed by atoms with Gasteiger partial charge in [0, 0.05) is 18.2 Å². The first kappa shape index (κ1) is 12.7. The number of alkyl halides is 2. The van der Waals surface area contributed by atoms with Gasteiger partial charge < -0.3 is 10.5 Å². The molecule has 1 aromatic heterocycles. The molecule has 1 heterocycles. The van der Waals surface area contributed by atoms with E-state index in [-0.39, 0.29) is 5.69 Å². The molecule has 0 bridgehead atoms. The summed E-state index contributed by atoms with van der Waals surface area (Å²) in [5, 5.41) is 0.702. The van der Waals surface area contributed by atoms with E-state index in [4.69, 9.17) is 10.5 Å². The Balaban J connectivity index is 2.58. The van der Waals surface area contributed by atoms with Crippen molar-refractivity contribution in [1.29, 1.82) is 0 Å². The number of methoxy groups -OCH3 is 1. The number of para-hydroxylation sites is 1. The van der Waals surface area contributed by atoms with Crippen LogP contribution < -0.4 is 5.73 Å². The van der Waals surface area contributed by atoms with E-state index in [1.54, 1.807) is 13.2 Å². The molecule has 0 unspecified atom stereocenters. The largest absolute Gasteiger partial charge is 0.398 e. The highest BCUT2D eigenvalue weighted by molar-refractivity contribution is 5.92. The van der Waals surface area contributed by atoms with Gasteiger partial charge in [0.25, 0.3) is 6.43 Å². The summed E-state index contributed by atoms with van der Waals surface area (Å²) >= 11 is 0. The summed E-state index contributed by atoms with van der Waals surface area (Å²) in [6.07, 6.45) is -2.00. The number of ether oxygens (including phenoxy) is 1. The van der Waals surface area contributed by atoms with Crippen LogP contribution in [0.15, 0.2) is 24.3 Å². The van der Waals surface area contributed by atoms with Crippen molar-refractivity contribution < 1.29 is 13.5 Å². The van der Waals surface area contributed by atoms with Gasteiger partial charge in [-0.1, -0.05) is 18.2 Å². The summed E-state index contributed by atoms with van der Waals surface area (Å²) in [6.45, 7) is 0.513. The number of anilines is 1. The number of hydrogen-bond donors (Lipinski definition) is 1. The zero-order chi connectivity index (χ0) is 13.1. The molecule has 0 saturated carbocycles. The lowest BCUT2D eigenvalue weighted by molar-refractivity contribution is 0.146. The summed E-state index contributed by atoms with van der Waals surface area (Å²) < 4.78 is 30.4. The Morgan fingerprint density at radius 2 is 2.17 bits per heavy atom. The van der Waals surface area contributed by atoms with Gasteiger partial charge in [-0.3, -0.25) is 0 Å². The summed E-state index contributed by atoms with van der Waals surface area (Å²) in [6, 6.07) is 6.70. The Labute approximate surface area is 104 Å². The molecule has 0 fully saturated rings. The Morgan fingerprint density at radius 3 is 2.83 bits per heavy atom. The highest BCUT2D eigenvalue weighted by Gasteiger charge is 2.13. The predicted octanol–water partition coefficient (Wildman–Crippen LogP) is 2.94. The number of nitrogen functional groups attached to an aromatic ring is 1. The Hall–Kier alpha value is -1.75. The lowest BCUT2D eigenvalue weighted by atomic mass is 10.1. The van der Waals surface area contributed by atoms with Gasteiger partial charge in [-0.15, -0.1) is 0 Å². The number of halogens is 2. The molecule has 96 valence electrons. The van der Waals surface area contributed by atoms with Crippen LogP contribution in [-0.2, 0) is 11.2 Å². The molecule has 0 amide bonds. The van der Waals surface area contributed by atoms with E-state index >= 15 is 0 Å². The number of aromatic nitrogens is 1. The Bertz CT molecular complexity index is 558. The molecule has 1 aromatic carbocycles. The van der Waals surface area contributed by atoms with Crippen molar-refractivity contribution in [2.75, 3.05) is 19.5 Å². The third-order valence-corrected chi connectivity index (χ3v) is 2.77. The highest BCUT2D eigenvalue weighted by atomic mass is 19.3. The molecule has 0 aliphatic rings. The second-order valence-electron chi connectivity index (χ2n) is 3.99. The fourth-order valence-corrected chi connectivity index (χ4v) is 1.88. The van der Waals surface area contributed by atoms with Gasteiger partial charge in [-0.2, -0.15) is 0 Å². The van der Waals surface area contributed by atoms with Gasteiger partial charge in [-0.25, -0.2) is 13.8 Å². The maximum atomic E-state index is 12.7. The van der Waals surface area contributed by atoms with Crippen molar-refractivity contribution in [3.63, 3.8) is 0 Å². The minimum atomic E-state index is -2.62. The average Bonchev–Trinajstić information content (AvgIpc) is 2.36. The van der Waals surface area contributed by atoms with Crippen LogP contribution in [0.4, 0.5) is 14.5 Å². The van der Waals surface area contributed by atoms with Crippen LogP contribution >= 0.6 is 0 Å². The van der Waals surface area contributed by atoms with Gasteiger partial charge in [0.2, 0.25) is 0 Å². The smallest absolute Gasteiger partial charge is 0.280 e. The van der Waals surface area contributed by atoms with Crippen LogP contribution in [0.2, 0.25) is 0 Å². The fourth-order valence-electron chi connectivity index (χ4n) is 1.88. The van der Waals surface area contributed by atoms with Crippen LogP contribution in [0.3, 0.4) is 0 Å². The average molecular weight is 252 g/mol. The second-order valence-corrected chi connectivity index (χ2v) is 3.99. The van der Waals surface area contributed by atoms with Crippen LogP contribution in [0.1, 0.15) is 17.7 Å². The normalized spacial score (nSPS) is 11.3. The minimum Gasteiger partial charge on any atom is -0.398 e. The van der Waals surface area contributed by atoms with Crippen LogP contribution in [-0.4, -0.2) is 18.7 Å². The van der Waals surface area contributed by atoms with E-state index in [1.807, 2.05) is 12.1 Å². The van der Waals surface area contributed by atoms with E-state index < -0.39 is 6.43 Å². The Morgan fingerprint density at radius 1 is 1.39 bits per heavy atom. The molecule has 0 saturated heterocycles. The van der Waals surface area contributed by atoms with E-state index in [2.05, 4.69) is 4.98 Å². The van der Waals surface area contributed by atoms with Gasteiger partial charge in [0.1, 0.15) is 5.69 Å². The second kappa shape index (κ2) is 5.27. The molecule has 18 heavy (non-hydrogen) atoms. The number of hydrogen-bond acceptors (Lipinski definition) is 3. The summed E-state index contributed by atoms with van der Waals surface area (Å²) in [4.78, 5) is 4.00. The monoisotopic (exact) mass is 252 g/mol. The third-order valence-electron chi connectivity index (χ3n) is 2.77. The van der Waals surface area contributed by atoms with E-state index in [9.17, 15) is 8.78 Å². The van der Waals surface area contributed by atoms with Crippen molar-refractivity contribution in [1.82, 2.24) is 4.98 Å². The molecule has 2 aromatic rings. The highest BCUT2D eigenvalue weighted by Crippen LogP contribution is 2.27. The van der Waals surface area contributed by atoms with Gasteiger partial charge >= 0.3 is 0 Å². The summed E-state index contributed by atoms with van der Waals surface area (Å²) in [5.41, 5.74) is 7.23. The molecule has 3 nitrogen and oxygen atoms in total. The number of nitrogens with zero attached hydrogens (tertiary/aromatic N) is 1. The first-order chi connectivity index (χ1) is 8.63. The molecule has 0 aliphatic heterocycles. The SMILES string of the molecule is COCCc1cccc2c(N)cc(C(F)F)nc12. The lowest BCUT2D eigenvalue weighted by Crippen LogP contribution is -2.01. The molecule has 2 N–H and O–H groups in total. The van der Waals surface area contributed by atoms with Crippen molar-refractivity contribution in [3.8, 4) is 0 Å². The zero-order valence-electron chi connectivity index (χ0n) is 9.99. The third kappa shape index (κ3) is 2.41. The van der Waals surface area contributed by atoms with Gasteiger partial charge in [0.15, 0.2) is 0 Å². The number of rotatable bonds is 4. The molecule has 5 heteroatoms. The van der Waals surface area contributed by atoms with Crippen LogP contribution in [0.5, 0.6) is 0 Å². The first-order valence-electron chi connectivity index (χ1n) is 5.58. The quantitative estimate of drug-likeness (QED) is 0.910. The van der Waals surface area contributed by atoms with E-state index in [1.165, 1.54) is 6.07 Å². The molecule has 2 rings (SSSR count). The summed E-state index contributed by atoms with van der Waals surface area (Å²) in [5.74, 6) is 0. The van der Waals surface area contributed by atoms with E-state index in [0.29, 0.717) is 29.6 Å². The Kier molecular flexibility index (Phi) is 3.72. The zero-order valence-corrected chi connectivity index (χ0v) is 9.99. The van der Waals surface area contributed by atoms with Crippen LogP contribution in [0.25, 0.3) is 10.9 Å². The molecular weight excluding hydrogens is 238 g/mol. The van der Waals surface area contributed by atoms with Crippen molar-refractivity contribution in [2.24, 2.45) is 0 Å². The van der Waals surface area contributed by atoms with Crippen molar-refractivity contribution in [3.05, 3.63) is 35.5 Å². The number of benzene rings is 1. The molecular formula is C13H14F2N2O. The number of pyridine rings is 1. The number of nitrogens with two attached hydrogens (primary N) is 1. The van der Waals surface area contributed by atoms with Crippen molar-refractivity contribution in [2.45, 2.75) is 12.8 Å². The number of fused-ring (bicyclic) bond motifs is 1. The summed E-state index contributed by atoms with van der Waals surface area (Å²) in [7, 11) is 1.59. The maximum Gasteiger partial charge on any atom is 0.280 e. The van der Waals surface area contributed by atoms with Crippen molar-refractivity contribution >= 4 is 16.6 Å². The standard InChI is InChI=1S/C13H14F2N2O/c1-18-6-5-8-3-2-4-9-10(16)7-11(13(14)15)17-12(8)9/h2-4,7,13H,5-6H2,1H3,(H2,16,17). The topological polar surface area (TPSA) is 48.1 Å². The van der Waals surface area contributed by atoms with Crippen LogP contribution in [0, 0.1) is 0 Å². The molecule has 0 aliphatic carbocycles. The van der Waals surface area contributed by atoms with Gasteiger partial charge in [-0.05, 0) is 18.1 Å². The molecule has 0 radical (unpaired) electrons. The minimum absolute atomic E-state index is 0.287. The molecule has 0 atom stereocenters. The maximum absolute atomic E-state index is 12.7. The lowest BCUT2D eigenvalue weighted by Gasteiger charge is -2.09. The predicted molar refractivity (Wildman–Crippen MR) is 66.7 cm³/mol. The first-order valence-corrected chi connectivity index (χ1v) is 5.58. The van der Waals surface area contributed by atoms with Gasteiger partial charge in [0.05, 0.1) is 12.1 Å².